The molecule has 1 fully saturated rings. The van der Waals surface area contributed by atoms with Crippen molar-refractivity contribution in [2.24, 2.45) is 0 Å². The molecule has 1 N–H and O–H groups in total. The minimum Gasteiger partial charge on any atom is -0.368 e. The molecule has 0 unspecified atom stereocenters. The maximum Gasteiger partial charge on any atom is 0.251 e. The SMILES string of the molecule is Cc1nc([C@@H]2CN(C(=O)/C=C/c3ccccc3)CCO2)cc(=O)[nH]1. The third-order valence-electron chi connectivity index (χ3n) is 3.81. The van der Waals surface area contributed by atoms with Crippen LogP contribution in [-0.2, 0) is 9.53 Å². The van der Waals surface area contributed by atoms with Crippen LogP contribution < -0.4 is 5.56 Å². The van der Waals surface area contributed by atoms with Crippen LogP contribution in [0.5, 0.6) is 0 Å². The number of hydrogen-bond donors (Lipinski definition) is 1. The van der Waals surface area contributed by atoms with Crippen molar-refractivity contribution < 1.29 is 9.53 Å². The molecule has 0 radical (unpaired) electrons. The Morgan fingerprint density at radius 1 is 1.38 bits per heavy atom. The summed E-state index contributed by atoms with van der Waals surface area (Å²) in [5.74, 6) is 0.460. The van der Waals surface area contributed by atoms with Crippen LogP contribution in [0.2, 0.25) is 0 Å². The van der Waals surface area contributed by atoms with Crippen LogP contribution >= 0.6 is 0 Å². The van der Waals surface area contributed by atoms with Crippen molar-refractivity contribution in [1.29, 1.82) is 0 Å². The molecule has 24 heavy (non-hydrogen) atoms. The van der Waals surface area contributed by atoms with E-state index in [2.05, 4.69) is 9.97 Å². The molecule has 0 aliphatic carbocycles. The fraction of sp³-hybridized carbons (Fsp3) is 0.278. The minimum absolute atomic E-state index is 0.0753. The van der Waals surface area contributed by atoms with Gasteiger partial charge in [0.05, 0.1) is 18.8 Å². The van der Waals surface area contributed by atoms with Crippen molar-refractivity contribution in [2.45, 2.75) is 13.0 Å². The Hall–Kier alpha value is -2.73. The fourth-order valence-electron chi connectivity index (χ4n) is 2.63. The monoisotopic (exact) mass is 325 g/mol. The molecule has 1 aromatic carbocycles. The largest absolute Gasteiger partial charge is 0.368 e. The average molecular weight is 325 g/mol. The Bertz CT molecular complexity index is 799. The normalized spacial score (nSPS) is 18.0. The lowest BCUT2D eigenvalue weighted by atomic mass is 10.2. The molecule has 1 amide bonds. The van der Waals surface area contributed by atoms with Crippen molar-refractivity contribution >= 4 is 12.0 Å². The lowest BCUT2D eigenvalue weighted by Gasteiger charge is -2.32. The van der Waals surface area contributed by atoms with Crippen molar-refractivity contribution in [3.8, 4) is 0 Å². The number of benzene rings is 1. The van der Waals surface area contributed by atoms with Gasteiger partial charge in [-0.05, 0) is 18.6 Å². The van der Waals surface area contributed by atoms with E-state index >= 15 is 0 Å². The smallest absolute Gasteiger partial charge is 0.251 e. The van der Waals surface area contributed by atoms with Gasteiger partial charge < -0.3 is 14.6 Å². The second-order valence-electron chi connectivity index (χ2n) is 5.64. The molecule has 1 aromatic heterocycles. The Morgan fingerprint density at radius 2 is 2.17 bits per heavy atom. The first-order valence-corrected chi connectivity index (χ1v) is 7.83. The number of rotatable bonds is 3. The van der Waals surface area contributed by atoms with E-state index in [-0.39, 0.29) is 17.6 Å². The minimum atomic E-state index is -0.381. The predicted molar refractivity (Wildman–Crippen MR) is 90.3 cm³/mol. The van der Waals surface area contributed by atoms with Gasteiger partial charge in [0.2, 0.25) is 5.91 Å². The van der Waals surface area contributed by atoms with Gasteiger partial charge in [0.25, 0.3) is 5.56 Å². The summed E-state index contributed by atoms with van der Waals surface area (Å²) >= 11 is 0. The van der Waals surface area contributed by atoms with Crippen molar-refractivity contribution in [1.82, 2.24) is 14.9 Å². The lowest BCUT2D eigenvalue weighted by molar-refractivity contribution is -0.133. The standard InChI is InChI=1S/C18H19N3O3/c1-13-19-15(11-17(22)20-13)16-12-21(9-10-24-16)18(23)8-7-14-5-3-2-4-6-14/h2-8,11,16H,9-10,12H2,1H3,(H,19,20,22)/b8-7+/t16-/m0/s1. The van der Waals surface area contributed by atoms with E-state index in [1.807, 2.05) is 30.3 Å². The number of hydrogen-bond acceptors (Lipinski definition) is 4. The molecule has 0 bridgehead atoms. The van der Waals surface area contributed by atoms with Gasteiger partial charge in [0.1, 0.15) is 11.9 Å². The quantitative estimate of drug-likeness (QED) is 0.872. The Kier molecular flexibility index (Phi) is 4.86. The molecule has 1 saturated heterocycles. The zero-order chi connectivity index (χ0) is 16.9. The van der Waals surface area contributed by atoms with E-state index in [4.69, 9.17) is 4.74 Å². The van der Waals surface area contributed by atoms with Gasteiger partial charge in [-0.2, -0.15) is 0 Å². The van der Waals surface area contributed by atoms with Crippen molar-refractivity contribution in [3.63, 3.8) is 0 Å². The molecule has 0 spiro atoms. The molecule has 1 aliphatic rings. The number of H-pyrrole nitrogens is 1. The van der Waals surface area contributed by atoms with E-state index in [1.54, 1.807) is 24.0 Å². The number of carbonyl (C=O) groups excluding carboxylic acids is 1. The highest BCUT2D eigenvalue weighted by molar-refractivity contribution is 5.91. The molecule has 6 heteroatoms. The summed E-state index contributed by atoms with van der Waals surface area (Å²) in [5.41, 5.74) is 1.32. The highest BCUT2D eigenvalue weighted by Crippen LogP contribution is 2.20. The van der Waals surface area contributed by atoms with Crippen molar-refractivity contribution in [2.75, 3.05) is 19.7 Å². The second-order valence-corrected chi connectivity index (χ2v) is 5.64. The third-order valence-corrected chi connectivity index (χ3v) is 3.81. The first-order chi connectivity index (χ1) is 11.6. The van der Waals surface area contributed by atoms with Gasteiger partial charge in [0.15, 0.2) is 0 Å². The second kappa shape index (κ2) is 7.23. The van der Waals surface area contributed by atoms with Crippen LogP contribution in [0.3, 0.4) is 0 Å². The maximum absolute atomic E-state index is 12.4. The third kappa shape index (κ3) is 3.97. The first kappa shape index (κ1) is 16.1. The number of ether oxygens (including phenoxy) is 1. The van der Waals surface area contributed by atoms with E-state index in [0.29, 0.717) is 31.2 Å². The van der Waals surface area contributed by atoms with Gasteiger partial charge in [0, 0.05) is 18.7 Å². The molecule has 1 atom stereocenters. The summed E-state index contributed by atoms with van der Waals surface area (Å²) in [7, 11) is 0. The first-order valence-electron chi connectivity index (χ1n) is 7.83. The van der Waals surface area contributed by atoms with Crippen LogP contribution in [0, 0.1) is 6.92 Å². The molecule has 2 aromatic rings. The Balaban J connectivity index is 1.70. The molecule has 6 nitrogen and oxygen atoms in total. The number of aryl methyl sites for hydroxylation is 1. The summed E-state index contributed by atoms with van der Waals surface area (Å²) < 4.78 is 5.68. The number of carbonyl (C=O) groups is 1. The van der Waals surface area contributed by atoms with E-state index in [9.17, 15) is 9.59 Å². The van der Waals surface area contributed by atoms with Gasteiger partial charge in [-0.3, -0.25) is 9.59 Å². The molecule has 1 aliphatic heterocycles. The van der Waals surface area contributed by atoms with Crippen LogP contribution in [0.25, 0.3) is 6.08 Å². The summed E-state index contributed by atoms with van der Waals surface area (Å²) in [4.78, 5) is 32.6. The predicted octanol–water partition coefficient (Wildman–Crippen LogP) is 1.69. The van der Waals surface area contributed by atoms with Crippen LogP contribution in [0.1, 0.15) is 23.2 Å². The maximum atomic E-state index is 12.4. The highest BCUT2D eigenvalue weighted by atomic mass is 16.5. The molecule has 124 valence electrons. The van der Waals surface area contributed by atoms with Gasteiger partial charge in [-0.1, -0.05) is 30.3 Å². The Labute approximate surface area is 139 Å². The number of nitrogens with zero attached hydrogens (tertiary/aromatic N) is 2. The molecule has 2 heterocycles. The van der Waals surface area contributed by atoms with Crippen LogP contribution in [0.4, 0.5) is 0 Å². The number of nitrogens with one attached hydrogen (secondary N) is 1. The zero-order valence-electron chi connectivity index (χ0n) is 13.4. The van der Waals surface area contributed by atoms with Crippen molar-refractivity contribution in [3.05, 3.63) is 69.9 Å². The molecular formula is C18H19N3O3. The number of aromatic nitrogens is 2. The number of morpholine rings is 1. The topological polar surface area (TPSA) is 75.3 Å². The summed E-state index contributed by atoms with van der Waals surface area (Å²) in [5, 5.41) is 0. The lowest BCUT2D eigenvalue weighted by Crippen LogP contribution is -2.42. The van der Waals surface area contributed by atoms with E-state index in [1.165, 1.54) is 6.07 Å². The molecule has 3 rings (SSSR count). The number of aromatic amines is 1. The van der Waals surface area contributed by atoms with Gasteiger partial charge >= 0.3 is 0 Å². The average Bonchev–Trinajstić information content (AvgIpc) is 2.60. The summed E-state index contributed by atoms with van der Waals surface area (Å²) in [6.07, 6.45) is 2.98. The Morgan fingerprint density at radius 3 is 2.92 bits per heavy atom. The molecular weight excluding hydrogens is 306 g/mol. The zero-order valence-corrected chi connectivity index (χ0v) is 13.4. The fourth-order valence-corrected chi connectivity index (χ4v) is 2.63. The number of amides is 1. The summed E-state index contributed by atoms with van der Waals surface area (Å²) in [6.45, 7) is 3.05. The van der Waals surface area contributed by atoms with Crippen LogP contribution in [-0.4, -0.2) is 40.5 Å². The highest BCUT2D eigenvalue weighted by Gasteiger charge is 2.25. The van der Waals surface area contributed by atoms with Gasteiger partial charge in [-0.25, -0.2) is 4.98 Å². The van der Waals surface area contributed by atoms with Crippen LogP contribution in [0.15, 0.2) is 47.3 Å². The molecule has 0 saturated carbocycles. The van der Waals surface area contributed by atoms with E-state index < -0.39 is 0 Å². The van der Waals surface area contributed by atoms with E-state index in [0.717, 1.165) is 5.56 Å². The van der Waals surface area contributed by atoms with Gasteiger partial charge in [-0.15, -0.1) is 0 Å². The summed E-state index contributed by atoms with van der Waals surface area (Å²) in [6, 6.07) is 11.1.